The summed E-state index contributed by atoms with van der Waals surface area (Å²) in [7, 11) is 3.70. The zero-order valence-corrected chi connectivity index (χ0v) is 76.4. The number of fused-ring (bicyclic) bond motifs is 11. The lowest BCUT2D eigenvalue weighted by atomic mass is 9.68. The lowest BCUT2D eigenvalue weighted by Gasteiger charge is -2.35. The van der Waals surface area contributed by atoms with Gasteiger partial charge in [-0.2, -0.15) is 17.5 Å². The molecule has 8 nitrogen and oxygen atoms in total. The first-order valence-electron chi connectivity index (χ1n) is 48.0. The van der Waals surface area contributed by atoms with E-state index in [4.69, 9.17) is 17.5 Å². The monoisotopic (exact) mass is 1620 g/mol. The molecule has 3 aromatic carbocycles. The normalized spacial score (nSPS) is 14.7. The quantitative estimate of drug-likeness (QED) is 0.0353. The second-order valence-electron chi connectivity index (χ2n) is 36.1. The first-order chi connectivity index (χ1) is 56.0. The average molecular weight is 1620 g/mol. The maximum absolute atomic E-state index is 14.7. The van der Waals surface area contributed by atoms with Gasteiger partial charge in [0.1, 0.15) is 22.1 Å². The molecule has 12 heteroatoms. The second-order valence-corrected chi connectivity index (χ2v) is 39.6. The van der Waals surface area contributed by atoms with Crippen LogP contribution in [-0.2, 0) is 20.4 Å². The summed E-state index contributed by atoms with van der Waals surface area (Å²) < 4.78 is 21.5. The predicted molar refractivity (Wildman–Crippen MR) is 497 cm³/mol. The van der Waals surface area contributed by atoms with Crippen LogP contribution in [0.4, 0.5) is 0 Å². The fraction of sp³-hybridized carbons (Fsp3) is 0.686. The van der Waals surface area contributed by atoms with Crippen LogP contribution < -0.4 is 0 Å². The van der Waals surface area contributed by atoms with Crippen LogP contribution in [0.3, 0.4) is 0 Å². The van der Waals surface area contributed by atoms with Gasteiger partial charge in [-0.3, -0.25) is 9.59 Å². The molecule has 0 bridgehead atoms. The number of hydrogen-bond donors (Lipinski definition) is 0. The highest BCUT2D eigenvalue weighted by molar-refractivity contribution is 7.16. The summed E-state index contributed by atoms with van der Waals surface area (Å²) in [5, 5.41) is 0. The fourth-order valence-corrected chi connectivity index (χ4v) is 24.0. The van der Waals surface area contributed by atoms with Crippen molar-refractivity contribution in [2.45, 2.75) is 438 Å². The van der Waals surface area contributed by atoms with Crippen LogP contribution in [0, 0.1) is 13.8 Å². The van der Waals surface area contributed by atoms with Gasteiger partial charge >= 0.3 is 0 Å². The number of aryl methyl sites for hydroxylation is 2. The molecule has 7 aromatic rings. The van der Waals surface area contributed by atoms with Crippen LogP contribution in [0.5, 0.6) is 0 Å². The van der Waals surface area contributed by atoms with Crippen molar-refractivity contribution in [2.75, 3.05) is 14.1 Å². The fourth-order valence-electron chi connectivity index (χ4n) is 20.7. The smallest absolute Gasteiger partial charge is 0.261 e. The van der Waals surface area contributed by atoms with Gasteiger partial charge in [0.05, 0.1) is 55.8 Å². The van der Waals surface area contributed by atoms with Gasteiger partial charge in [0, 0.05) is 51.4 Å². The third-order valence-electron chi connectivity index (χ3n) is 27.4. The molecule has 626 valence electrons. The molecule has 0 unspecified atom stereocenters. The first-order valence-corrected chi connectivity index (χ1v) is 51.1. The Labute approximate surface area is 709 Å². The van der Waals surface area contributed by atoms with Crippen LogP contribution >= 0.6 is 46.1 Å². The second kappa shape index (κ2) is 47.8. The van der Waals surface area contributed by atoms with Crippen LogP contribution in [-0.4, -0.2) is 53.2 Å². The number of amides is 2. The number of rotatable bonds is 63. The number of carbonyl (C=O) groups excluding carboxylic acids is 2. The summed E-state index contributed by atoms with van der Waals surface area (Å²) in [6, 6.07) is 19.5. The third kappa shape index (κ3) is 23.0. The lowest BCUT2D eigenvalue weighted by molar-refractivity contribution is -0.123. The Bertz CT molecular complexity index is 4070. The van der Waals surface area contributed by atoms with Gasteiger partial charge in [-0.05, 0) is 121 Å². The SMILES string of the molecule is CCCCCCCCCCCCCCCCC1(CCCCCCCCCCCCCCCC)c2cc3c(cc2-c2c1cc(C)c1nsnc21)C(CCCCCCCCCCCCCCCC)(CCCCCCCCCCCCCCCC)c1cc(-c2ccc(C4=C5C(=O)N(C)C(c6ccc(C)s6)=C5C(=O)N4C)s2)c2nsnc2c1-3. The molecule has 2 aliphatic heterocycles. The highest BCUT2D eigenvalue weighted by atomic mass is 32.1. The summed E-state index contributed by atoms with van der Waals surface area (Å²) in [5.41, 5.74) is 20.3. The molecule has 4 aromatic heterocycles. The summed E-state index contributed by atoms with van der Waals surface area (Å²) in [6.07, 6.45) is 80.4. The Kier molecular flexibility index (Phi) is 37.7. The van der Waals surface area contributed by atoms with Gasteiger partial charge in [0.2, 0.25) is 0 Å². The topological polar surface area (TPSA) is 92.2 Å². The zero-order valence-electron chi connectivity index (χ0n) is 73.2. The third-order valence-corrected chi connectivity index (χ3v) is 30.6. The predicted octanol–water partition coefficient (Wildman–Crippen LogP) is 33.2. The Morgan fingerprint density at radius 2 is 0.553 bits per heavy atom. The molecule has 0 fully saturated rings. The number of thiophene rings is 2. The zero-order chi connectivity index (χ0) is 79.8. The molecule has 2 amide bonds. The van der Waals surface area contributed by atoms with E-state index in [-0.39, 0.29) is 22.6 Å². The lowest BCUT2D eigenvalue weighted by Crippen LogP contribution is -2.27. The summed E-state index contributed by atoms with van der Waals surface area (Å²) >= 11 is 6.13. The number of carbonyl (C=O) groups is 2. The van der Waals surface area contributed by atoms with Crippen molar-refractivity contribution in [3.8, 4) is 32.7 Å². The molecule has 4 aliphatic rings. The summed E-state index contributed by atoms with van der Waals surface area (Å²) in [5.74, 6) is -0.238. The van der Waals surface area contributed by atoms with Gasteiger partial charge in [-0.1, -0.05) is 393 Å². The minimum Gasteiger partial charge on any atom is -0.309 e. The van der Waals surface area contributed by atoms with E-state index in [0.29, 0.717) is 16.8 Å². The van der Waals surface area contributed by atoms with Gasteiger partial charge in [0.15, 0.2) is 0 Å². The first kappa shape index (κ1) is 89.9. The highest BCUT2D eigenvalue weighted by Gasteiger charge is 2.51. The maximum Gasteiger partial charge on any atom is 0.261 e. The van der Waals surface area contributed by atoms with E-state index in [1.165, 1.54) is 428 Å². The molecule has 0 saturated heterocycles. The van der Waals surface area contributed by atoms with Crippen LogP contribution in [0.2, 0.25) is 0 Å². The molecule has 0 radical (unpaired) electrons. The van der Waals surface area contributed by atoms with E-state index in [0.717, 1.165) is 78.5 Å². The molecule has 0 saturated carbocycles. The van der Waals surface area contributed by atoms with E-state index >= 15 is 0 Å². The van der Waals surface area contributed by atoms with Crippen molar-refractivity contribution in [3.63, 3.8) is 0 Å². The van der Waals surface area contributed by atoms with E-state index in [2.05, 4.69) is 90.1 Å². The van der Waals surface area contributed by atoms with E-state index in [1.807, 2.05) is 14.1 Å². The molecule has 0 N–H and O–H groups in total. The Morgan fingerprint density at radius 3 is 0.877 bits per heavy atom. The average Bonchev–Trinajstić information content (AvgIpc) is 1.51. The van der Waals surface area contributed by atoms with Crippen molar-refractivity contribution in [2.24, 2.45) is 0 Å². The molecular weight excluding hydrogens is 1470 g/mol. The Morgan fingerprint density at radius 1 is 0.289 bits per heavy atom. The number of aromatic nitrogens is 4. The Hall–Kier alpha value is -4.88. The minimum absolute atomic E-state index is 0.119. The molecular formula is C102H152N6O2S4. The van der Waals surface area contributed by atoms with Crippen LogP contribution in [0.1, 0.15) is 455 Å². The van der Waals surface area contributed by atoms with E-state index in [1.54, 1.807) is 38.0 Å². The number of hydrogen-bond acceptors (Lipinski definition) is 10. The standard InChI is InChI=1S/C102H152N6O2S4/c1-9-13-17-21-25-29-33-37-41-45-49-53-57-61-69-101(70-62-58-54-50-46-42-38-34-30-26-22-18-14-10-2)82-75-80-83(74-79(82)89-84(101)73-77(5)93-95(89)105-113-103-93)102(71-63-59-55-51-47-43-39-35-31-27-23-19-15-11-3,72-64-60-56-52-48-44-40-36-32-28-24-20-16-12-4)85-76-81(94-96(90(80)85)106-114-104-94)86-67-68-88(112-86)98-92-91(99(109)108(98)8)97(107(7)100(92)110)87-66-65-78(6)111-87/h65-68,73-76H,9-64,69-72H2,1-8H3. The summed E-state index contributed by atoms with van der Waals surface area (Å²) in [4.78, 5) is 36.9. The van der Waals surface area contributed by atoms with E-state index < -0.39 is 0 Å². The molecule has 0 spiro atoms. The maximum atomic E-state index is 14.7. The summed E-state index contributed by atoms with van der Waals surface area (Å²) in [6.45, 7) is 13.7. The number of unbranched alkanes of at least 4 members (excludes halogenated alkanes) is 52. The minimum atomic E-state index is -0.265. The van der Waals surface area contributed by atoms with Crippen molar-refractivity contribution in [3.05, 3.63) is 102 Å². The molecule has 6 heterocycles. The van der Waals surface area contributed by atoms with Crippen molar-refractivity contribution in [1.29, 1.82) is 0 Å². The number of benzene rings is 3. The van der Waals surface area contributed by atoms with Gasteiger partial charge < -0.3 is 9.80 Å². The van der Waals surface area contributed by atoms with Crippen LogP contribution in [0.15, 0.2) is 59.7 Å². The molecule has 0 atom stereocenters. The Balaban J connectivity index is 0.956. The van der Waals surface area contributed by atoms with Gasteiger partial charge in [0.25, 0.3) is 11.8 Å². The largest absolute Gasteiger partial charge is 0.309 e. The van der Waals surface area contributed by atoms with Crippen molar-refractivity contribution < 1.29 is 9.59 Å². The van der Waals surface area contributed by atoms with Crippen molar-refractivity contribution in [1.82, 2.24) is 27.3 Å². The van der Waals surface area contributed by atoms with E-state index in [9.17, 15) is 9.59 Å². The van der Waals surface area contributed by atoms with Crippen LogP contribution in [0.25, 0.3) is 66.2 Å². The van der Waals surface area contributed by atoms with Gasteiger partial charge in [-0.15, -0.1) is 22.7 Å². The molecule has 11 rings (SSSR count). The van der Waals surface area contributed by atoms with Crippen molar-refractivity contribution >= 4 is 91.4 Å². The molecule has 2 aliphatic carbocycles. The van der Waals surface area contributed by atoms with Gasteiger partial charge in [-0.25, -0.2) is 0 Å². The number of nitrogens with zero attached hydrogens (tertiary/aromatic N) is 6. The number of likely N-dealkylation sites (N-methyl/N-ethyl adjacent to an activating group) is 2. The molecule has 114 heavy (non-hydrogen) atoms. The highest BCUT2D eigenvalue weighted by Crippen LogP contribution is 2.64.